The Bertz CT molecular complexity index is 587. The minimum Gasteiger partial charge on any atom is -0.398 e. The summed E-state index contributed by atoms with van der Waals surface area (Å²) in [5.74, 6) is -2.84. The van der Waals surface area contributed by atoms with Gasteiger partial charge in [-0.15, -0.1) is 0 Å². The summed E-state index contributed by atoms with van der Waals surface area (Å²) in [6.07, 6.45) is 2.97. The van der Waals surface area contributed by atoms with Crippen LogP contribution in [0.1, 0.15) is 10.4 Å². The Labute approximate surface area is 101 Å². The number of nitrogens with one attached hydrogen (secondary N) is 1. The number of carbonyl (C=O) groups is 1. The van der Waals surface area contributed by atoms with Crippen molar-refractivity contribution in [2.45, 2.75) is 0 Å². The Balaban J connectivity index is 2.27. The molecular formula is C12H9F2N3O. The fraction of sp³-hybridized carbons (Fsp3) is 0. The van der Waals surface area contributed by atoms with Crippen LogP contribution in [0.15, 0.2) is 36.7 Å². The number of pyridine rings is 1. The van der Waals surface area contributed by atoms with Crippen molar-refractivity contribution < 1.29 is 13.6 Å². The lowest BCUT2D eigenvalue weighted by Gasteiger charge is -2.07. The molecule has 0 unspecified atom stereocenters. The minimum absolute atomic E-state index is 0.127. The van der Waals surface area contributed by atoms with Gasteiger partial charge in [0.25, 0.3) is 5.91 Å². The fourth-order valence-electron chi connectivity index (χ4n) is 1.39. The molecule has 0 radical (unpaired) electrons. The molecule has 0 fully saturated rings. The molecule has 0 aliphatic heterocycles. The molecule has 0 atom stereocenters. The minimum atomic E-state index is -1.12. The van der Waals surface area contributed by atoms with Crippen LogP contribution in [0.25, 0.3) is 0 Å². The number of hydrogen-bond donors (Lipinski definition) is 2. The van der Waals surface area contributed by atoms with Gasteiger partial charge in [0.2, 0.25) is 0 Å². The number of hydrogen-bond acceptors (Lipinski definition) is 3. The van der Waals surface area contributed by atoms with E-state index < -0.39 is 17.5 Å². The van der Waals surface area contributed by atoms with E-state index in [9.17, 15) is 13.6 Å². The molecule has 0 bridgehead atoms. The van der Waals surface area contributed by atoms with Crippen molar-refractivity contribution in [3.05, 3.63) is 53.9 Å². The first-order chi connectivity index (χ1) is 8.58. The van der Waals surface area contributed by atoms with Crippen LogP contribution in [0.3, 0.4) is 0 Å². The Hall–Kier alpha value is -2.50. The van der Waals surface area contributed by atoms with E-state index in [1.165, 1.54) is 6.20 Å². The summed E-state index contributed by atoms with van der Waals surface area (Å²) in [6, 6.07) is 4.77. The van der Waals surface area contributed by atoms with Gasteiger partial charge in [0.1, 0.15) is 0 Å². The van der Waals surface area contributed by atoms with Crippen molar-refractivity contribution in [2.75, 3.05) is 11.1 Å². The van der Waals surface area contributed by atoms with Gasteiger partial charge in [-0.1, -0.05) is 0 Å². The number of aromatic nitrogens is 1. The second kappa shape index (κ2) is 4.79. The average molecular weight is 249 g/mol. The summed E-state index contributed by atoms with van der Waals surface area (Å²) in [6.45, 7) is 0. The molecule has 6 heteroatoms. The maximum atomic E-state index is 13.0. The highest BCUT2D eigenvalue weighted by molar-refractivity contribution is 6.07. The van der Waals surface area contributed by atoms with Gasteiger partial charge in [0.05, 0.1) is 17.4 Å². The number of benzene rings is 1. The number of amides is 1. The predicted octanol–water partition coefficient (Wildman–Crippen LogP) is 2.19. The van der Waals surface area contributed by atoms with Gasteiger partial charge < -0.3 is 11.1 Å². The van der Waals surface area contributed by atoms with Crippen LogP contribution >= 0.6 is 0 Å². The molecule has 18 heavy (non-hydrogen) atoms. The first kappa shape index (κ1) is 12.0. The maximum absolute atomic E-state index is 13.0. The van der Waals surface area contributed by atoms with Crippen LogP contribution in [0.4, 0.5) is 20.2 Å². The molecule has 2 rings (SSSR count). The van der Waals surface area contributed by atoms with Crippen molar-refractivity contribution in [1.29, 1.82) is 0 Å². The first-order valence-corrected chi connectivity index (χ1v) is 5.04. The SMILES string of the molecule is Nc1cc(F)c(F)cc1C(=O)Nc1cccnc1. The number of halogens is 2. The fourth-order valence-corrected chi connectivity index (χ4v) is 1.39. The largest absolute Gasteiger partial charge is 0.398 e. The number of carbonyl (C=O) groups excluding carboxylic acids is 1. The summed E-state index contributed by atoms with van der Waals surface area (Å²) in [7, 11) is 0. The summed E-state index contributed by atoms with van der Waals surface area (Å²) >= 11 is 0. The second-order valence-electron chi connectivity index (χ2n) is 3.55. The third-order valence-electron chi connectivity index (χ3n) is 2.26. The van der Waals surface area contributed by atoms with E-state index in [0.29, 0.717) is 5.69 Å². The third-order valence-corrected chi connectivity index (χ3v) is 2.26. The molecule has 3 N–H and O–H groups in total. The molecule has 1 amide bonds. The molecule has 4 nitrogen and oxygen atoms in total. The Morgan fingerprint density at radius 1 is 1.28 bits per heavy atom. The maximum Gasteiger partial charge on any atom is 0.257 e. The lowest BCUT2D eigenvalue weighted by atomic mass is 10.1. The third kappa shape index (κ3) is 2.42. The van der Waals surface area contributed by atoms with Crippen LogP contribution < -0.4 is 11.1 Å². The predicted molar refractivity (Wildman–Crippen MR) is 63.0 cm³/mol. The van der Waals surface area contributed by atoms with E-state index in [1.807, 2.05) is 0 Å². The van der Waals surface area contributed by atoms with Crippen molar-refractivity contribution in [2.24, 2.45) is 0 Å². The van der Waals surface area contributed by atoms with Crippen molar-refractivity contribution in [1.82, 2.24) is 4.98 Å². The quantitative estimate of drug-likeness (QED) is 0.801. The molecule has 1 aromatic heterocycles. The van der Waals surface area contributed by atoms with Crippen LogP contribution in [0.5, 0.6) is 0 Å². The highest BCUT2D eigenvalue weighted by Gasteiger charge is 2.14. The van der Waals surface area contributed by atoms with E-state index >= 15 is 0 Å². The second-order valence-corrected chi connectivity index (χ2v) is 3.55. The van der Waals surface area contributed by atoms with Crippen LogP contribution in [0, 0.1) is 11.6 Å². The van der Waals surface area contributed by atoms with Gasteiger partial charge in [-0.2, -0.15) is 0 Å². The molecule has 0 saturated carbocycles. The van der Waals surface area contributed by atoms with Gasteiger partial charge in [0, 0.05) is 18.0 Å². The molecule has 0 spiro atoms. The number of rotatable bonds is 2. The lowest BCUT2D eigenvalue weighted by molar-refractivity contribution is 0.102. The van der Waals surface area contributed by atoms with Gasteiger partial charge >= 0.3 is 0 Å². The lowest BCUT2D eigenvalue weighted by Crippen LogP contribution is -2.15. The van der Waals surface area contributed by atoms with Gasteiger partial charge in [-0.25, -0.2) is 8.78 Å². The number of nitrogens with zero attached hydrogens (tertiary/aromatic N) is 1. The van der Waals surface area contributed by atoms with E-state index in [-0.39, 0.29) is 11.3 Å². The summed E-state index contributed by atoms with van der Waals surface area (Å²) in [5.41, 5.74) is 5.64. The number of anilines is 2. The standard InChI is InChI=1S/C12H9F2N3O/c13-9-4-8(11(15)5-10(9)14)12(18)17-7-2-1-3-16-6-7/h1-6H,15H2,(H,17,18). The van der Waals surface area contributed by atoms with E-state index in [4.69, 9.17) is 5.73 Å². The number of nitrogens with two attached hydrogens (primary N) is 1. The Morgan fingerprint density at radius 3 is 2.67 bits per heavy atom. The van der Waals surface area contributed by atoms with Gasteiger partial charge in [0.15, 0.2) is 11.6 Å². The monoisotopic (exact) mass is 249 g/mol. The molecule has 0 aliphatic carbocycles. The highest BCUT2D eigenvalue weighted by Crippen LogP contribution is 2.18. The summed E-state index contributed by atoms with van der Waals surface area (Å²) < 4.78 is 25.9. The average Bonchev–Trinajstić information content (AvgIpc) is 2.35. The topological polar surface area (TPSA) is 68.0 Å². The number of nitrogen functional groups attached to an aromatic ring is 1. The zero-order chi connectivity index (χ0) is 13.1. The molecular weight excluding hydrogens is 240 g/mol. The molecule has 1 heterocycles. The van der Waals surface area contributed by atoms with Gasteiger partial charge in [-0.05, 0) is 18.2 Å². The normalized spacial score (nSPS) is 10.1. The highest BCUT2D eigenvalue weighted by atomic mass is 19.2. The zero-order valence-corrected chi connectivity index (χ0v) is 9.15. The van der Waals surface area contributed by atoms with Crippen LogP contribution in [-0.2, 0) is 0 Å². The van der Waals surface area contributed by atoms with E-state index in [2.05, 4.69) is 10.3 Å². The van der Waals surface area contributed by atoms with Gasteiger partial charge in [-0.3, -0.25) is 9.78 Å². The smallest absolute Gasteiger partial charge is 0.257 e. The molecule has 1 aromatic carbocycles. The van der Waals surface area contributed by atoms with Crippen molar-refractivity contribution in [3.8, 4) is 0 Å². The van der Waals surface area contributed by atoms with Crippen molar-refractivity contribution in [3.63, 3.8) is 0 Å². The first-order valence-electron chi connectivity index (χ1n) is 5.04. The van der Waals surface area contributed by atoms with Crippen molar-refractivity contribution >= 4 is 17.3 Å². The molecule has 2 aromatic rings. The van der Waals surface area contributed by atoms with Crippen LogP contribution in [-0.4, -0.2) is 10.9 Å². The molecule has 92 valence electrons. The molecule has 0 saturated heterocycles. The summed E-state index contributed by atoms with van der Waals surface area (Å²) in [4.78, 5) is 15.6. The Morgan fingerprint density at radius 2 is 2.00 bits per heavy atom. The zero-order valence-electron chi connectivity index (χ0n) is 9.15. The Kier molecular flexibility index (Phi) is 3.18. The van der Waals surface area contributed by atoms with E-state index in [1.54, 1.807) is 18.3 Å². The van der Waals surface area contributed by atoms with Crippen LogP contribution in [0.2, 0.25) is 0 Å². The molecule has 0 aliphatic rings. The van der Waals surface area contributed by atoms with E-state index in [0.717, 1.165) is 12.1 Å². The summed E-state index contributed by atoms with van der Waals surface area (Å²) in [5, 5.41) is 2.48.